The van der Waals surface area contributed by atoms with Crippen molar-refractivity contribution >= 4 is 11.9 Å². The largest absolute Gasteiger partial charge is 0.465 e. The van der Waals surface area contributed by atoms with Gasteiger partial charge in [-0.05, 0) is 0 Å². The van der Waals surface area contributed by atoms with Crippen molar-refractivity contribution in [3.8, 4) is 6.07 Å². The van der Waals surface area contributed by atoms with Gasteiger partial charge in [0.25, 0.3) is 0 Å². The summed E-state index contributed by atoms with van der Waals surface area (Å²) in [4.78, 5) is 17.9. The molecule has 1 amide bonds. The Morgan fingerprint density at radius 2 is 2.36 bits per heavy atom. The third-order valence-electron chi connectivity index (χ3n) is 1.43. The standard InChI is InChI=1S/C8H8N4O2/c9-3-1-2-6-4-11-7(5-10-6)12-8(13)14/h4-5H,1-2H2,(H,11,12)(H,13,14). The third-order valence-corrected chi connectivity index (χ3v) is 1.43. The molecule has 6 heteroatoms. The number of carbonyl (C=O) groups is 1. The lowest BCUT2D eigenvalue weighted by molar-refractivity contribution is 0.209. The van der Waals surface area contributed by atoms with Gasteiger partial charge in [0.15, 0.2) is 5.82 Å². The van der Waals surface area contributed by atoms with Crippen LogP contribution in [0, 0.1) is 11.3 Å². The van der Waals surface area contributed by atoms with E-state index in [1.54, 1.807) is 0 Å². The van der Waals surface area contributed by atoms with Crippen LogP contribution >= 0.6 is 0 Å². The van der Waals surface area contributed by atoms with E-state index in [4.69, 9.17) is 10.4 Å². The van der Waals surface area contributed by atoms with Crippen molar-refractivity contribution in [3.05, 3.63) is 18.1 Å². The number of aromatic nitrogens is 2. The number of aryl methyl sites for hydroxylation is 1. The molecule has 0 aliphatic carbocycles. The van der Waals surface area contributed by atoms with E-state index < -0.39 is 6.09 Å². The summed E-state index contributed by atoms with van der Waals surface area (Å²) in [6, 6.07) is 1.99. The maximum absolute atomic E-state index is 10.2. The zero-order chi connectivity index (χ0) is 10.4. The molecular weight excluding hydrogens is 184 g/mol. The average molecular weight is 192 g/mol. The molecule has 0 radical (unpaired) electrons. The predicted octanol–water partition coefficient (Wildman–Crippen LogP) is 1.02. The van der Waals surface area contributed by atoms with Gasteiger partial charge in [-0.25, -0.2) is 9.78 Å². The van der Waals surface area contributed by atoms with E-state index >= 15 is 0 Å². The van der Waals surface area contributed by atoms with Gasteiger partial charge in [-0.2, -0.15) is 5.26 Å². The average Bonchev–Trinajstić information content (AvgIpc) is 2.16. The summed E-state index contributed by atoms with van der Waals surface area (Å²) in [5, 5.41) is 18.7. The molecule has 1 heterocycles. The summed E-state index contributed by atoms with van der Waals surface area (Å²) in [6.07, 6.45) is 2.49. The first-order valence-electron chi connectivity index (χ1n) is 3.90. The van der Waals surface area contributed by atoms with Crippen LogP contribution in [0.4, 0.5) is 10.6 Å². The second kappa shape index (κ2) is 4.77. The number of hydrogen-bond donors (Lipinski definition) is 2. The minimum Gasteiger partial charge on any atom is -0.465 e. The molecule has 14 heavy (non-hydrogen) atoms. The Hall–Kier alpha value is -2.16. The van der Waals surface area contributed by atoms with Crippen molar-refractivity contribution in [1.82, 2.24) is 9.97 Å². The molecule has 1 rings (SSSR count). The van der Waals surface area contributed by atoms with Gasteiger partial charge in [-0.15, -0.1) is 0 Å². The molecule has 2 N–H and O–H groups in total. The number of amides is 1. The van der Waals surface area contributed by atoms with Crippen LogP contribution < -0.4 is 5.32 Å². The van der Waals surface area contributed by atoms with Crippen molar-refractivity contribution in [2.45, 2.75) is 12.8 Å². The number of anilines is 1. The van der Waals surface area contributed by atoms with E-state index in [0.717, 1.165) is 0 Å². The summed E-state index contributed by atoms with van der Waals surface area (Å²) < 4.78 is 0. The summed E-state index contributed by atoms with van der Waals surface area (Å²) >= 11 is 0. The lowest BCUT2D eigenvalue weighted by Crippen LogP contribution is -2.09. The van der Waals surface area contributed by atoms with Gasteiger partial charge in [-0.3, -0.25) is 10.3 Å². The van der Waals surface area contributed by atoms with E-state index in [1.165, 1.54) is 12.4 Å². The van der Waals surface area contributed by atoms with Crippen LogP contribution in [0.3, 0.4) is 0 Å². The van der Waals surface area contributed by atoms with E-state index in [-0.39, 0.29) is 5.82 Å². The molecule has 0 unspecified atom stereocenters. The van der Waals surface area contributed by atoms with Crippen LogP contribution in [-0.4, -0.2) is 21.2 Å². The SMILES string of the molecule is N#CCCc1cnc(NC(=O)O)cn1. The zero-order valence-electron chi connectivity index (χ0n) is 7.27. The highest BCUT2D eigenvalue weighted by Crippen LogP contribution is 2.02. The highest BCUT2D eigenvalue weighted by molar-refractivity contribution is 5.80. The number of rotatable bonds is 3. The van der Waals surface area contributed by atoms with Gasteiger partial charge in [0, 0.05) is 12.8 Å². The lowest BCUT2D eigenvalue weighted by atomic mass is 10.2. The van der Waals surface area contributed by atoms with Crippen LogP contribution in [0.2, 0.25) is 0 Å². The molecule has 0 aliphatic rings. The molecule has 1 aromatic heterocycles. The van der Waals surface area contributed by atoms with Crippen LogP contribution in [-0.2, 0) is 6.42 Å². The lowest BCUT2D eigenvalue weighted by Gasteiger charge is -1.99. The maximum Gasteiger partial charge on any atom is 0.410 e. The van der Waals surface area contributed by atoms with Gasteiger partial charge < -0.3 is 5.11 Å². The fourth-order valence-corrected chi connectivity index (χ4v) is 0.842. The highest BCUT2D eigenvalue weighted by Gasteiger charge is 2.00. The Labute approximate surface area is 80.2 Å². The zero-order valence-corrected chi connectivity index (χ0v) is 7.27. The molecule has 72 valence electrons. The Kier molecular flexibility index (Phi) is 3.38. The molecule has 0 fully saturated rings. The Balaban J connectivity index is 2.60. The predicted molar refractivity (Wildman–Crippen MR) is 47.6 cm³/mol. The molecule has 0 atom stereocenters. The van der Waals surface area contributed by atoms with Crippen LogP contribution in [0.25, 0.3) is 0 Å². The summed E-state index contributed by atoms with van der Waals surface area (Å²) in [7, 11) is 0. The minimum absolute atomic E-state index is 0.179. The van der Waals surface area contributed by atoms with Crippen LogP contribution in [0.5, 0.6) is 0 Å². The molecule has 0 saturated heterocycles. The van der Waals surface area contributed by atoms with Crippen LogP contribution in [0.15, 0.2) is 12.4 Å². The second-order valence-corrected chi connectivity index (χ2v) is 2.48. The summed E-state index contributed by atoms with van der Waals surface area (Å²) in [5.41, 5.74) is 0.669. The van der Waals surface area contributed by atoms with Crippen molar-refractivity contribution in [3.63, 3.8) is 0 Å². The van der Waals surface area contributed by atoms with E-state index in [1.807, 2.05) is 6.07 Å². The topological polar surface area (TPSA) is 98.9 Å². The molecule has 0 aromatic carbocycles. The minimum atomic E-state index is -1.18. The fraction of sp³-hybridized carbons (Fsp3) is 0.250. The second-order valence-electron chi connectivity index (χ2n) is 2.48. The first-order valence-corrected chi connectivity index (χ1v) is 3.90. The Morgan fingerprint density at radius 3 is 2.86 bits per heavy atom. The smallest absolute Gasteiger partial charge is 0.410 e. The summed E-state index contributed by atoms with van der Waals surface area (Å²) in [6.45, 7) is 0. The quantitative estimate of drug-likeness (QED) is 0.744. The highest BCUT2D eigenvalue weighted by atomic mass is 16.4. The molecule has 6 nitrogen and oxygen atoms in total. The molecule has 0 spiro atoms. The number of nitrogens with zero attached hydrogens (tertiary/aromatic N) is 3. The van der Waals surface area contributed by atoms with Gasteiger partial charge in [0.2, 0.25) is 0 Å². The van der Waals surface area contributed by atoms with Gasteiger partial charge in [0.05, 0.1) is 24.2 Å². The number of hydrogen-bond acceptors (Lipinski definition) is 4. The van der Waals surface area contributed by atoms with E-state index in [9.17, 15) is 4.79 Å². The van der Waals surface area contributed by atoms with Crippen molar-refractivity contribution in [2.24, 2.45) is 0 Å². The van der Waals surface area contributed by atoms with Crippen LogP contribution in [0.1, 0.15) is 12.1 Å². The van der Waals surface area contributed by atoms with Gasteiger partial charge in [0.1, 0.15) is 0 Å². The van der Waals surface area contributed by atoms with Crippen molar-refractivity contribution < 1.29 is 9.90 Å². The molecule has 0 bridgehead atoms. The maximum atomic E-state index is 10.2. The van der Waals surface area contributed by atoms with Crippen molar-refractivity contribution in [2.75, 3.05) is 5.32 Å². The van der Waals surface area contributed by atoms with E-state index in [2.05, 4.69) is 15.3 Å². The molecular formula is C8H8N4O2. The first kappa shape index (κ1) is 9.92. The normalized spacial score (nSPS) is 9.07. The summed E-state index contributed by atoms with van der Waals surface area (Å²) in [5.74, 6) is 0.179. The molecule has 1 aromatic rings. The van der Waals surface area contributed by atoms with E-state index in [0.29, 0.717) is 18.5 Å². The van der Waals surface area contributed by atoms with Gasteiger partial charge in [-0.1, -0.05) is 0 Å². The molecule has 0 saturated carbocycles. The Morgan fingerprint density at radius 1 is 1.57 bits per heavy atom. The van der Waals surface area contributed by atoms with Crippen molar-refractivity contribution in [1.29, 1.82) is 5.26 Å². The monoisotopic (exact) mass is 192 g/mol. The first-order chi connectivity index (χ1) is 6.72. The number of nitrogens with one attached hydrogen (secondary N) is 1. The Bertz CT molecular complexity index is 355. The number of nitriles is 1. The third kappa shape index (κ3) is 3.06. The number of carboxylic acid groups (broad SMARTS) is 1. The van der Waals surface area contributed by atoms with Gasteiger partial charge >= 0.3 is 6.09 Å². The molecule has 0 aliphatic heterocycles. The fourth-order valence-electron chi connectivity index (χ4n) is 0.842.